The number of benzene rings is 1. The maximum atomic E-state index is 11.7. The van der Waals surface area contributed by atoms with Crippen molar-refractivity contribution in [3.63, 3.8) is 0 Å². The highest BCUT2D eigenvalue weighted by Crippen LogP contribution is 2.24. The second-order valence-electron chi connectivity index (χ2n) is 4.07. The third-order valence-corrected chi connectivity index (χ3v) is 5.39. The smallest absolute Gasteiger partial charge is 0.247 e. The molecule has 1 aromatic rings. The number of rotatable bonds is 7. The van der Waals surface area contributed by atoms with E-state index < -0.39 is 24.9 Å². The molecule has 4 N–H and O–H groups in total. The number of hydrogen-bond donors (Lipinski definition) is 3. The van der Waals surface area contributed by atoms with E-state index in [2.05, 4.69) is 4.72 Å². The Morgan fingerprint density at radius 1 is 1.30 bits per heavy atom. The zero-order valence-electron chi connectivity index (χ0n) is 10.7. The fraction of sp³-hybridized carbons (Fsp3) is 0.300. The molecule has 0 aromatic heterocycles. The van der Waals surface area contributed by atoms with Crippen molar-refractivity contribution in [2.45, 2.75) is 0 Å². The Morgan fingerprint density at radius 3 is 2.45 bits per heavy atom. The molecule has 0 aliphatic heterocycles. The largest absolute Gasteiger partial charge is 0.484 e. The molecule has 0 aliphatic carbocycles. The van der Waals surface area contributed by atoms with Crippen LogP contribution in [0.5, 0.6) is 5.75 Å². The summed E-state index contributed by atoms with van der Waals surface area (Å²) >= 11 is 0. The molecule has 0 aliphatic rings. The molecule has 0 radical (unpaired) electrons. The van der Waals surface area contributed by atoms with Gasteiger partial charge in [0.15, 0.2) is 14.9 Å². The van der Waals surface area contributed by atoms with Gasteiger partial charge in [-0.25, -0.2) is 16.8 Å². The summed E-state index contributed by atoms with van der Waals surface area (Å²) in [7, 11) is -7.74. The molecule has 0 spiro atoms. The van der Waals surface area contributed by atoms with Crippen LogP contribution in [-0.2, 0) is 19.9 Å². The molecule has 0 saturated carbocycles. The Morgan fingerprint density at radius 2 is 1.90 bits per heavy atom. The normalized spacial score (nSPS) is 11.8. The van der Waals surface area contributed by atoms with E-state index in [-0.39, 0.29) is 23.9 Å². The molecule has 20 heavy (non-hydrogen) atoms. The van der Waals surface area contributed by atoms with Crippen LogP contribution in [0, 0.1) is 5.41 Å². The van der Waals surface area contributed by atoms with Gasteiger partial charge in [0.2, 0.25) is 10.0 Å². The van der Waals surface area contributed by atoms with Crippen molar-refractivity contribution in [2.24, 2.45) is 5.73 Å². The molecule has 1 rings (SSSR count). The van der Waals surface area contributed by atoms with Crippen LogP contribution in [-0.4, -0.2) is 40.6 Å². The number of ether oxygens (including phenoxy) is 1. The fourth-order valence-electron chi connectivity index (χ4n) is 1.31. The number of para-hydroxylation sites is 2. The molecule has 0 amide bonds. The highest BCUT2D eigenvalue weighted by Gasteiger charge is 2.19. The van der Waals surface area contributed by atoms with Gasteiger partial charge in [0, 0.05) is 6.26 Å². The molecule has 0 saturated heterocycles. The topological polar surface area (TPSA) is 139 Å². The Labute approximate surface area is 117 Å². The zero-order chi connectivity index (χ0) is 15.4. The van der Waals surface area contributed by atoms with E-state index in [1.165, 1.54) is 12.1 Å². The van der Waals surface area contributed by atoms with Crippen molar-refractivity contribution < 1.29 is 21.6 Å². The van der Waals surface area contributed by atoms with Crippen LogP contribution >= 0.6 is 0 Å². The van der Waals surface area contributed by atoms with Crippen molar-refractivity contribution >= 4 is 31.4 Å². The summed E-state index contributed by atoms with van der Waals surface area (Å²) in [6.07, 6.45) is 0.824. The standard InChI is InChI=1S/C10H15N3O5S2/c1-19(14,15)7-20(16,17)13-8-4-2-3-5-9(8)18-6-10(11)12/h2-5,13H,6-7H2,1H3,(H3,11,12). The van der Waals surface area contributed by atoms with Gasteiger partial charge in [0.05, 0.1) is 5.69 Å². The number of nitrogens with one attached hydrogen (secondary N) is 2. The van der Waals surface area contributed by atoms with Crippen molar-refractivity contribution in [1.82, 2.24) is 0 Å². The summed E-state index contributed by atoms with van der Waals surface area (Å²) in [6, 6.07) is 6.04. The molecule has 0 fully saturated rings. The van der Waals surface area contributed by atoms with Crippen molar-refractivity contribution in [3.8, 4) is 5.75 Å². The summed E-state index contributed by atoms with van der Waals surface area (Å²) in [5.41, 5.74) is 5.22. The van der Waals surface area contributed by atoms with E-state index in [4.69, 9.17) is 15.9 Å². The predicted molar refractivity (Wildman–Crippen MR) is 76.1 cm³/mol. The van der Waals surface area contributed by atoms with E-state index in [9.17, 15) is 16.8 Å². The second-order valence-corrected chi connectivity index (χ2v) is 8.30. The monoisotopic (exact) mass is 321 g/mol. The van der Waals surface area contributed by atoms with Crippen molar-refractivity contribution in [1.29, 1.82) is 5.41 Å². The fourth-order valence-corrected chi connectivity index (χ4v) is 4.31. The van der Waals surface area contributed by atoms with Gasteiger partial charge in [-0.05, 0) is 12.1 Å². The molecule has 8 nitrogen and oxygen atoms in total. The molecule has 0 unspecified atom stereocenters. The first kappa shape index (κ1) is 16.2. The van der Waals surface area contributed by atoms with Gasteiger partial charge in [0.25, 0.3) is 0 Å². The number of sulfonamides is 1. The van der Waals surface area contributed by atoms with Crippen LogP contribution in [0.4, 0.5) is 5.69 Å². The number of nitrogens with two attached hydrogens (primary N) is 1. The average Bonchev–Trinajstić information content (AvgIpc) is 2.23. The molecule has 0 bridgehead atoms. The molecular formula is C10H15N3O5S2. The minimum absolute atomic E-state index is 0.0809. The predicted octanol–water partition coefficient (Wildman–Crippen LogP) is -0.255. The van der Waals surface area contributed by atoms with Gasteiger partial charge in [-0.1, -0.05) is 12.1 Å². The van der Waals surface area contributed by atoms with Gasteiger partial charge in [-0.2, -0.15) is 0 Å². The maximum Gasteiger partial charge on any atom is 0.247 e. The quantitative estimate of drug-likeness (QED) is 0.467. The minimum atomic E-state index is -4.06. The van der Waals surface area contributed by atoms with Gasteiger partial charge < -0.3 is 10.5 Å². The van der Waals surface area contributed by atoms with Crippen LogP contribution in [0.3, 0.4) is 0 Å². The first-order valence-electron chi connectivity index (χ1n) is 5.32. The minimum Gasteiger partial charge on any atom is -0.484 e. The van der Waals surface area contributed by atoms with E-state index in [0.29, 0.717) is 0 Å². The lowest BCUT2D eigenvalue weighted by molar-refractivity contribution is 0.376. The summed E-state index contributed by atoms with van der Waals surface area (Å²) < 4.78 is 52.7. The zero-order valence-corrected chi connectivity index (χ0v) is 12.3. The van der Waals surface area contributed by atoms with Gasteiger partial charge in [-0.3, -0.25) is 10.1 Å². The van der Waals surface area contributed by atoms with Crippen molar-refractivity contribution in [3.05, 3.63) is 24.3 Å². The van der Waals surface area contributed by atoms with E-state index >= 15 is 0 Å². The van der Waals surface area contributed by atoms with Gasteiger partial charge >= 0.3 is 0 Å². The SMILES string of the molecule is CS(=O)(=O)CS(=O)(=O)Nc1ccccc1OCC(=N)N. The first-order valence-corrected chi connectivity index (χ1v) is 9.03. The summed E-state index contributed by atoms with van der Waals surface area (Å²) in [5.74, 6) is -0.0708. The number of hydrogen-bond acceptors (Lipinski definition) is 6. The van der Waals surface area contributed by atoms with Crippen LogP contribution in [0.1, 0.15) is 0 Å². The summed E-state index contributed by atoms with van der Waals surface area (Å²) in [6.45, 7) is -0.204. The van der Waals surface area contributed by atoms with E-state index in [0.717, 1.165) is 6.26 Å². The molecule has 1 aromatic carbocycles. The Bertz CT molecular complexity index is 697. The van der Waals surface area contributed by atoms with Crippen LogP contribution in [0.15, 0.2) is 24.3 Å². The number of sulfone groups is 1. The third kappa shape index (κ3) is 5.89. The third-order valence-electron chi connectivity index (χ3n) is 1.90. The second kappa shape index (κ2) is 6.09. The van der Waals surface area contributed by atoms with E-state index in [1.54, 1.807) is 12.1 Å². The Kier molecular flexibility index (Phi) is 4.95. The van der Waals surface area contributed by atoms with Gasteiger partial charge in [0.1, 0.15) is 18.2 Å². The van der Waals surface area contributed by atoms with Gasteiger partial charge in [-0.15, -0.1) is 0 Å². The Hall–Kier alpha value is -1.81. The molecule has 0 heterocycles. The molecule has 10 heteroatoms. The first-order chi connectivity index (χ1) is 9.09. The molecular weight excluding hydrogens is 306 g/mol. The van der Waals surface area contributed by atoms with Crippen molar-refractivity contribution in [2.75, 3.05) is 22.7 Å². The summed E-state index contributed by atoms with van der Waals surface area (Å²) in [5, 5.41) is 6.02. The Balaban J connectivity index is 2.95. The number of anilines is 1. The highest BCUT2D eigenvalue weighted by atomic mass is 32.3. The van der Waals surface area contributed by atoms with Crippen LogP contribution < -0.4 is 15.2 Å². The highest BCUT2D eigenvalue weighted by molar-refractivity contribution is 8.08. The lowest BCUT2D eigenvalue weighted by atomic mass is 10.3. The molecule has 0 atom stereocenters. The van der Waals surface area contributed by atoms with Crippen LogP contribution in [0.25, 0.3) is 0 Å². The summed E-state index contributed by atoms with van der Waals surface area (Å²) in [4.78, 5) is 0. The van der Waals surface area contributed by atoms with E-state index in [1.807, 2.05) is 0 Å². The van der Waals surface area contributed by atoms with Crippen LogP contribution in [0.2, 0.25) is 0 Å². The number of amidine groups is 1. The lowest BCUT2D eigenvalue weighted by Gasteiger charge is -2.12. The lowest BCUT2D eigenvalue weighted by Crippen LogP contribution is -2.23. The molecule has 112 valence electrons. The maximum absolute atomic E-state index is 11.7. The average molecular weight is 321 g/mol.